The monoisotopic (exact) mass is 404 g/mol. The molecule has 0 radical (unpaired) electrons. The van der Waals surface area contributed by atoms with Gasteiger partial charge in [-0.15, -0.1) is 0 Å². The zero-order valence-corrected chi connectivity index (χ0v) is 15.5. The summed E-state index contributed by atoms with van der Waals surface area (Å²) < 4.78 is 7.51. The number of nitrogens with one attached hydrogen (secondary N) is 1. The summed E-state index contributed by atoms with van der Waals surface area (Å²) in [7, 11) is 1.71. The van der Waals surface area contributed by atoms with E-state index >= 15 is 0 Å². The van der Waals surface area contributed by atoms with Gasteiger partial charge in [0.2, 0.25) is 0 Å². The number of piperazine rings is 1. The molecule has 20 heavy (non-hydrogen) atoms. The summed E-state index contributed by atoms with van der Waals surface area (Å²) in [5.41, 5.74) is 1.43. The normalized spacial score (nSPS) is 18.1. The number of nitrogens with zero attached hydrogens (tertiary/aromatic N) is 1. The molecule has 0 atom stereocenters. The average Bonchev–Trinajstić information content (AvgIpc) is 2.47. The highest BCUT2D eigenvalue weighted by Crippen LogP contribution is 2.38. The van der Waals surface area contributed by atoms with Gasteiger partial charge in [0.25, 0.3) is 0 Å². The Morgan fingerprint density at radius 2 is 1.95 bits per heavy atom. The molecule has 0 unspecified atom stereocenters. The highest BCUT2D eigenvalue weighted by Gasteiger charge is 2.32. The molecule has 0 aromatic heterocycles. The molecule has 3 nitrogen and oxygen atoms in total. The Labute approximate surface area is 138 Å². The van der Waals surface area contributed by atoms with Crippen LogP contribution in [0.1, 0.15) is 26.7 Å². The number of benzene rings is 1. The summed E-state index contributed by atoms with van der Waals surface area (Å²) >= 11 is 7.21. The predicted molar refractivity (Wildman–Crippen MR) is 91.9 cm³/mol. The maximum atomic E-state index is 5.43. The van der Waals surface area contributed by atoms with Crippen molar-refractivity contribution in [2.24, 2.45) is 0 Å². The topological polar surface area (TPSA) is 24.5 Å². The third-order valence-corrected chi connectivity index (χ3v) is 5.55. The Hall–Kier alpha value is -0.260. The van der Waals surface area contributed by atoms with Gasteiger partial charge in [-0.3, -0.25) is 0 Å². The minimum atomic E-state index is 0.220. The molecule has 0 spiro atoms. The van der Waals surface area contributed by atoms with Crippen LogP contribution >= 0.6 is 31.9 Å². The highest BCUT2D eigenvalue weighted by molar-refractivity contribution is 9.11. The van der Waals surface area contributed by atoms with Gasteiger partial charge in [-0.25, -0.2) is 0 Å². The number of halogens is 2. The largest absolute Gasteiger partial charge is 0.495 e. The summed E-state index contributed by atoms with van der Waals surface area (Å²) in [5, 5.41) is 3.69. The summed E-state index contributed by atoms with van der Waals surface area (Å²) in [4.78, 5) is 2.45. The van der Waals surface area contributed by atoms with Crippen LogP contribution in [-0.2, 0) is 0 Å². The minimum absolute atomic E-state index is 0.220. The quantitative estimate of drug-likeness (QED) is 0.812. The van der Waals surface area contributed by atoms with Crippen LogP contribution in [0, 0.1) is 0 Å². The maximum absolute atomic E-state index is 5.43. The second-order valence-corrected chi connectivity index (χ2v) is 6.98. The van der Waals surface area contributed by atoms with Crippen LogP contribution in [0.2, 0.25) is 0 Å². The van der Waals surface area contributed by atoms with E-state index < -0.39 is 0 Å². The molecule has 1 aliphatic heterocycles. The molecule has 1 N–H and O–H groups in total. The molecule has 1 heterocycles. The van der Waals surface area contributed by atoms with Crippen molar-refractivity contribution in [1.82, 2.24) is 5.32 Å². The van der Waals surface area contributed by atoms with Crippen molar-refractivity contribution >= 4 is 37.5 Å². The van der Waals surface area contributed by atoms with E-state index in [0.717, 1.165) is 47.2 Å². The number of hydrogen-bond acceptors (Lipinski definition) is 3. The van der Waals surface area contributed by atoms with Crippen molar-refractivity contribution in [2.45, 2.75) is 32.2 Å². The van der Waals surface area contributed by atoms with Gasteiger partial charge >= 0.3 is 0 Å². The highest BCUT2D eigenvalue weighted by atomic mass is 79.9. The van der Waals surface area contributed by atoms with Gasteiger partial charge in [-0.1, -0.05) is 13.8 Å². The number of rotatable bonds is 4. The molecule has 1 aromatic rings. The summed E-state index contributed by atoms with van der Waals surface area (Å²) in [6, 6.07) is 4.17. The van der Waals surface area contributed by atoms with Gasteiger partial charge in [-0.2, -0.15) is 0 Å². The Morgan fingerprint density at radius 1 is 1.25 bits per heavy atom. The lowest BCUT2D eigenvalue weighted by Crippen LogP contribution is -2.60. The number of methoxy groups -OCH3 is 1. The lowest BCUT2D eigenvalue weighted by molar-refractivity contribution is 0.277. The number of hydrogen-bond donors (Lipinski definition) is 1. The number of anilines is 1. The first-order valence-electron chi connectivity index (χ1n) is 7.08. The molecule has 1 aromatic carbocycles. The maximum Gasteiger partial charge on any atom is 0.135 e. The third kappa shape index (κ3) is 3.15. The second kappa shape index (κ2) is 6.67. The SMILES string of the molecule is CCC1(CC)CN(c2cc(OC)c(Br)cc2Br)CCN1. The molecule has 112 valence electrons. The fourth-order valence-electron chi connectivity index (χ4n) is 2.80. The first-order valence-corrected chi connectivity index (χ1v) is 8.67. The van der Waals surface area contributed by atoms with E-state index in [-0.39, 0.29) is 5.54 Å². The lowest BCUT2D eigenvalue weighted by Gasteiger charge is -2.44. The lowest BCUT2D eigenvalue weighted by atomic mass is 9.90. The van der Waals surface area contributed by atoms with Crippen LogP contribution in [0.25, 0.3) is 0 Å². The van der Waals surface area contributed by atoms with Crippen molar-refractivity contribution in [3.05, 3.63) is 21.1 Å². The zero-order valence-electron chi connectivity index (χ0n) is 12.3. The van der Waals surface area contributed by atoms with Crippen molar-refractivity contribution in [2.75, 3.05) is 31.6 Å². The van der Waals surface area contributed by atoms with Gasteiger partial charge in [0.05, 0.1) is 17.3 Å². The van der Waals surface area contributed by atoms with E-state index in [1.54, 1.807) is 7.11 Å². The molecular weight excluding hydrogens is 384 g/mol. The van der Waals surface area contributed by atoms with Crippen molar-refractivity contribution in [3.8, 4) is 5.75 Å². The van der Waals surface area contributed by atoms with Crippen LogP contribution in [0.5, 0.6) is 5.75 Å². The molecule has 1 aliphatic rings. The molecule has 5 heteroatoms. The van der Waals surface area contributed by atoms with Crippen LogP contribution in [0.15, 0.2) is 21.1 Å². The molecule has 0 saturated carbocycles. The van der Waals surface area contributed by atoms with Gasteiger partial charge < -0.3 is 15.0 Å². The van der Waals surface area contributed by atoms with E-state index in [2.05, 4.69) is 68.1 Å². The molecule has 0 aliphatic carbocycles. The van der Waals surface area contributed by atoms with Gasteiger partial charge in [-0.05, 0) is 50.8 Å². The van der Waals surface area contributed by atoms with E-state index in [0.29, 0.717) is 0 Å². The van der Waals surface area contributed by atoms with E-state index in [4.69, 9.17) is 4.74 Å². The van der Waals surface area contributed by atoms with E-state index in [9.17, 15) is 0 Å². The molecular formula is C15H22Br2N2O. The number of ether oxygens (including phenoxy) is 1. The summed E-state index contributed by atoms with van der Waals surface area (Å²) in [6.07, 6.45) is 2.29. The van der Waals surface area contributed by atoms with Crippen LogP contribution < -0.4 is 15.0 Å². The van der Waals surface area contributed by atoms with Crippen molar-refractivity contribution in [1.29, 1.82) is 0 Å². The third-order valence-electron chi connectivity index (χ3n) is 4.29. The molecule has 0 amide bonds. The predicted octanol–water partition coefficient (Wildman–Crippen LogP) is 4.19. The van der Waals surface area contributed by atoms with E-state index in [1.807, 2.05) is 0 Å². The fraction of sp³-hybridized carbons (Fsp3) is 0.600. The molecule has 1 saturated heterocycles. The first-order chi connectivity index (χ1) is 9.55. The van der Waals surface area contributed by atoms with Crippen molar-refractivity contribution in [3.63, 3.8) is 0 Å². The molecule has 1 fully saturated rings. The molecule has 0 bridgehead atoms. The van der Waals surface area contributed by atoms with Crippen LogP contribution in [-0.4, -0.2) is 32.3 Å². The standard InChI is InChI=1S/C15H22Br2N2O/c1-4-15(5-2)10-19(7-6-18-15)13-9-14(20-3)12(17)8-11(13)16/h8-9,18H,4-7,10H2,1-3H3. The van der Waals surface area contributed by atoms with Crippen LogP contribution in [0.4, 0.5) is 5.69 Å². The van der Waals surface area contributed by atoms with Gasteiger partial charge in [0, 0.05) is 35.7 Å². The Bertz CT molecular complexity index is 475. The minimum Gasteiger partial charge on any atom is -0.495 e. The first kappa shape index (κ1) is 16.1. The fourth-order valence-corrected chi connectivity index (χ4v) is 4.21. The summed E-state index contributed by atoms with van der Waals surface area (Å²) in [6.45, 7) is 7.59. The van der Waals surface area contributed by atoms with Gasteiger partial charge in [0.15, 0.2) is 0 Å². The van der Waals surface area contributed by atoms with Crippen molar-refractivity contribution < 1.29 is 4.74 Å². The Kier molecular flexibility index (Phi) is 5.37. The summed E-state index contributed by atoms with van der Waals surface area (Å²) in [5.74, 6) is 0.875. The second-order valence-electron chi connectivity index (χ2n) is 5.27. The Morgan fingerprint density at radius 3 is 2.55 bits per heavy atom. The van der Waals surface area contributed by atoms with E-state index in [1.165, 1.54) is 5.69 Å². The van der Waals surface area contributed by atoms with Gasteiger partial charge in [0.1, 0.15) is 5.75 Å². The van der Waals surface area contributed by atoms with Crippen LogP contribution in [0.3, 0.4) is 0 Å². The molecule has 2 rings (SSSR count). The zero-order chi connectivity index (χ0) is 14.8. The Balaban J connectivity index is 2.31. The average molecular weight is 406 g/mol. The smallest absolute Gasteiger partial charge is 0.135 e.